The Labute approximate surface area is 117 Å². The molecule has 1 aliphatic heterocycles. The van der Waals surface area contributed by atoms with Gasteiger partial charge < -0.3 is 9.67 Å². The smallest absolute Gasteiger partial charge is 0.303 e. The number of hydrazine groups is 1. The lowest BCUT2D eigenvalue weighted by Gasteiger charge is -2.18. The number of hydrogen-bond acceptors (Lipinski definition) is 3. The van der Waals surface area contributed by atoms with Crippen LogP contribution in [-0.2, 0) is 11.8 Å². The van der Waals surface area contributed by atoms with Crippen LogP contribution in [-0.4, -0.2) is 21.7 Å². The molecule has 1 fully saturated rings. The van der Waals surface area contributed by atoms with Crippen molar-refractivity contribution in [2.24, 2.45) is 13.0 Å². The maximum absolute atomic E-state index is 11.1. The van der Waals surface area contributed by atoms with Gasteiger partial charge in [0.1, 0.15) is 0 Å². The van der Waals surface area contributed by atoms with Crippen molar-refractivity contribution in [3.8, 4) is 0 Å². The van der Waals surface area contributed by atoms with Crippen LogP contribution in [0.4, 0.5) is 0 Å². The largest absolute Gasteiger partial charge is 0.481 e. The van der Waals surface area contributed by atoms with Crippen LogP contribution in [0.25, 0.3) is 10.9 Å². The Kier molecular flexibility index (Phi) is 3.23. The number of benzene rings is 1. The summed E-state index contributed by atoms with van der Waals surface area (Å²) in [5, 5.41) is 10.3. The summed E-state index contributed by atoms with van der Waals surface area (Å²) in [4.78, 5) is 11.1. The first-order valence-electron chi connectivity index (χ1n) is 6.84. The molecule has 3 atom stereocenters. The predicted molar refractivity (Wildman–Crippen MR) is 77.1 cm³/mol. The van der Waals surface area contributed by atoms with Crippen molar-refractivity contribution in [1.82, 2.24) is 15.4 Å². The van der Waals surface area contributed by atoms with Gasteiger partial charge in [-0.15, -0.1) is 0 Å². The van der Waals surface area contributed by atoms with Crippen molar-refractivity contribution in [1.29, 1.82) is 0 Å². The zero-order valence-corrected chi connectivity index (χ0v) is 11.6. The number of para-hydroxylation sites is 1. The van der Waals surface area contributed by atoms with Crippen LogP contribution in [0.1, 0.15) is 24.9 Å². The molecule has 1 saturated heterocycles. The van der Waals surface area contributed by atoms with Crippen LogP contribution in [0.15, 0.2) is 30.5 Å². The standard InChI is InChI=1S/C15H19N3O2/c1-9-11(7-14(19)20)15(17-16-9)12-8-18(2)13-6-4-3-5-10(12)13/h3-6,8-9,11,15-17H,7H2,1-2H3,(H,19,20). The summed E-state index contributed by atoms with van der Waals surface area (Å²) in [5.41, 5.74) is 8.76. The zero-order chi connectivity index (χ0) is 14.3. The van der Waals surface area contributed by atoms with E-state index < -0.39 is 5.97 Å². The highest BCUT2D eigenvalue weighted by Crippen LogP contribution is 2.35. The molecule has 0 bridgehead atoms. The molecule has 3 rings (SSSR count). The minimum absolute atomic E-state index is 0.0206. The number of nitrogens with one attached hydrogen (secondary N) is 2. The van der Waals surface area contributed by atoms with Gasteiger partial charge in [0, 0.05) is 36.1 Å². The quantitative estimate of drug-likeness (QED) is 0.798. The summed E-state index contributed by atoms with van der Waals surface area (Å²) in [6.45, 7) is 2.02. The molecule has 2 aromatic rings. The molecular weight excluding hydrogens is 254 g/mol. The van der Waals surface area contributed by atoms with E-state index >= 15 is 0 Å². The van der Waals surface area contributed by atoms with Gasteiger partial charge in [0.05, 0.1) is 12.5 Å². The van der Waals surface area contributed by atoms with Crippen LogP contribution in [0, 0.1) is 5.92 Å². The summed E-state index contributed by atoms with van der Waals surface area (Å²) in [5.74, 6) is -0.712. The van der Waals surface area contributed by atoms with Gasteiger partial charge in [0.25, 0.3) is 0 Å². The lowest BCUT2D eigenvalue weighted by atomic mass is 9.87. The highest BCUT2D eigenvalue weighted by Gasteiger charge is 2.36. The SMILES string of the molecule is CC1NNC(c2cn(C)c3ccccc23)C1CC(=O)O. The molecule has 3 unspecified atom stereocenters. The number of hydrogen-bond donors (Lipinski definition) is 3. The number of aryl methyl sites for hydroxylation is 1. The van der Waals surface area contributed by atoms with Crippen LogP contribution in [0.3, 0.4) is 0 Å². The van der Waals surface area contributed by atoms with Gasteiger partial charge in [0.2, 0.25) is 0 Å². The number of nitrogens with zero attached hydrogens (tertiary/aromatic N) is 1. The molecule has 1 aromatic carbocycles. The maximum atomic E-state index is 11.1. The minimum Gasteiger partial charge on any atom is -0.481 e. The number of aliphatic carboxylic acids is 1. The summed E-state index contributed by atoms with van der Waals surface area (Å²) in [7, 11) is 2.02. The molecule has 2 heterocycles. The number of carboxylic acid groups (broad SMARTS) is 1. The molecule has 0 spiro atoms. The summed E-state index contributed by atoms with van der Waals surface area (Å²) in [6.07, 6.45) is 2.26. The first-order valence-corrected chi connectivity index (χ1v) is 6.84. The molecule has 0 amide bonds. The van der Waals surface area contributed by atoms with Crippen molar-refractivity contribution >= 4 is 16.9 Å². The summed E-state index contributed by atoms with van der Waals surface area (Å²) < 4.78 is 2.09. The number of aromatic nitrogens is 1. The summed E-state index contributed by atoms with van der Waals surface area (Å²) >= 11 is 0. The zero-order valence-electron chi connectivity index (χ0n) is 11.6. The second-order valence-electron chi connectivity index (χ2n) is 5.53. The van der Waals surface area contributed by atoms with Gasteiger partial charge in [0.15, 0.2) is 0 Å². The van der Waals surface area contributed by atoms with E-state index in [0.717, 1.165) is 11.1 Å². The third-order valence-electron chi connectivity index (χ3n) is 4.21. The lowest BCUT2D eigenvalue weighted by Crippen LogP contribution is -2.29. The molecule has 0 radical (unpaired) electrons. The maximum Gasteiger partial charge on any atom is 0.303 e. The fraction of sp³-hybridized carbons (Fsp3) is 0.400. The van der Waals surface area contributed by atoms with Crippen LogP contribution >= 0.6 is 0 Å². The van der Waals surface area contributed by atoms with Crippen LogP contribution in [0.5, 0.6) is 0 Å². The first-order chi connectivity index (χ1) is 9.58. The second-order valence-corrected chi connectivity index (χ2v) is 5.53. The van der Waals surface area contributed by atoms with E-state index in [1.807, 2.05) is 26.1 Å². The van der Waals surface area contributed by atoms with Gasteiger partial charge in [-0.1, -0.05) is 18.2 Å². The Morgan fingerprint density at radius 2 is 2.10 bits per heavy atom. The highest BCUT2D eigenvalue weighted by molar-refractivity contribution is 5.84. The molecule has 20 heavy (non-hydrogen) atoms. The molecule has 3 N–H and O–H groups in total. The number of rotatable bonds is 3. The Hall–Kier alpha value is -1.85. The lowest BCUT2D eigenvalue weighted by molar-refractivity contribution is -0.138. The van der Waals surface area contributed by atoms with Crippen LogP contribution in [0.2, 0.25) is 0 Å². The molecule has 5 heteroatoms. The van der Waals surface area contributed by atoms with Crippen molar-refractivity contribution in [3.63, 3.8) is 0 Å². The average molecular weight is 273 g/mol. The molecule has 1 aliphatic rings. The Balaban J connectivity index is 2.03. The average Bonchev–Trinajstić information content (AvgIpc) is 2.92. The third kappa shape index (κ3) is 2.09. The second kappa shape index (κ2) is 4.92. The van der Waals surface area contributed by atoms with Crippen molar-refractivity contribution in [2.45, 2.75) is 25.4 Å². The van der Waals surface area contributed by atoms with Gasteiger partial charge in [-0.2, -0.15) is 0 Å². The Morgan fingerprint density at radius 1 is 1.35 bits per heavy atom. The number of carboxylic acids is 1. The molecule has 1 aromatic heterocycles. The van der Waals surface area contributed by atoms with E-state index in [1.165, 1.54) is 5.39 Å². The van der Waals surface area contributed by atoms with E-state index in [-0.39, 0.29) is 24.4 Å². The van der Waals surface area contributed by atoms with Gasteiger partial charge in [-0.3, -0.25) is 10.2 Å². The molecule has 0 saturated carbocycles. The fourth-order valence-corrected chi connectivity index (χ4v) is 3.15. The monoisotopic (exact) mass is 273 g/mol. The van der Waals surface area contributed by atoms with E-state index in [1.54, 1.807) is 0 Å². The van der Waals surface area contributed by atoms with E-state index in [0.29, 0.717) is 0 Å². The predicted octanol–water partition coefficient (Wildman–Crippen LogP) is 1.81. The number of fused-ring (bicyclic) bond motifs is 1. The van der Waals surface area contributed by atoms with Gasteiger partial charge in [-0.25, -0.2) is 5.43 Å². The van der Waals surface area contributed by atoms with E-state index in [4.69, 9.17) is 5.11 Å². The summed E-state index contributed by atoms with van der Waals surface area (Å²) in [6, 6.07) is 8.36. The Bertz CT molecular complexity index is 650. The minimum atomic E-state index is -0.752. The fourth-order valence-electron chi connectivity index (χ4n) is 3.15. The highest BCUT2D eigenvalue weighted by atomic mass is 16.4. The third-order valence-corrected chi connectivity index (χ3v) is 4.21. The van der Waals surface area contributed by atoms with Gasteiger partial charge >= 0.3 is 5.97 Å². The number of carbonyl (C=O) groups is 1. The Morgan fingerprint density at radius 3 is 2.85 bits per heavy atom. The molecule has 0 aliphatic carbocycles. The topological polar surface area (TPSA) is 66.3 Å². The molecule has 106 valence electrons. The first kappa shape index (κ1) is 13.1. The van der Waals surface area contributed by atoms with E-state index in [9.17, 15) is 4.79 Å². The van der Waals surface area contributed by atoms with Gasteiger partial charge in [-0.05, 0) is 18.6 Å². The molecular formula is C15H19N3O2. The van der Waals surface area contributed by atoms with Crippen molar-refractivity contribution in [3.05, 3.63) is 36.0 Å². The van der Waals surface area contributed by atoms with Crippen molar-refractivity contribution < 1.29 is 9.90 Å². The normalized spacial score (nSPS) is 26.2. The van der Waals surface area contributed by atoms with E-state index in [2.05, 4.69) is 33.7 Å². The van der Waals surface area contributed by atoms with Crippen LogP contribution < -0.4 is 10.9 Å². The van der Waals surface area contributed by atoms with Crippen molar-refractivity contribution in [2.75, 3.05) is 0 Å². The molecule has 5 nitrogen and oxygen atoms in total.